The summed E-state index contributed by atoms with van der Waals surface area (Å²) in [6.45, 7) is 2.18. The third-order valence-corrected chi connectivity index (χ3v) is 2.79. The molecule has 0 N–H and O–H groups in total. The van der Waals surface area contributed by atoms with Crippen molar-refractivity contribution in [3.05, 3.63) is 35.4 Å². The highest BCUT2D eigenvalue weighted by molar-refractivity contribution is 6.66. The Bertz CT molecular complexity index is 368. The van der Waals surface area contributed by atoms with Crippen LogP contribution in [0.1, 0.15) is 30.9 Å². The second-order valence-corrected chi connectivity index (χ2v) is 5.89. The van der Waals surface area contributed by atoms with Crippen molar-refractivity contribution >= 4 is 40.8 Å². The van der Waals surface area contributed by atoms with Crippen molar-refractivity contribution in [1.29, 1.82) is 0 Å². The van der Waals surface area contributed by atoms with E-state index in [-0.39, 0.29) is 12.6 Å². The summed E-state index contributed by atoms with van der Waals surface area (Å²) in [7, 11) is 0. The lowest BCUT2D eigenvalue weighted by Gasteiger charge is -2.11. The standard InChI is InChI=1S/C12H13Cl3O2/c1-2-3-11(16)17-8-9-4-6-10(7-5-9)12(13,14)15/h4-7H,2-3,8H2,1H3. The van der Waals surface area contributed by atoms with E-state index in [4.69, 9.17) is 39.5 Å². The Kier molecular flexibility index (Phi) is 5.57. The molecule has 0 fully saturated rings. The van der Waals surface area contributed by atoms with E-state index in [1.54, 1.807) is 24.3 Å². The van der Waals surface area contributed by atoms with Crippen molar-refractivity contribution in [3.8, 4) is 0 Å². The summed E-state index contributed by atoms with van der Waals surface area (Å²) >= 11 is 17.2. The number of benzene rings is 1. The molecule has 5 heteroatoms. The van der Waals surface area contributed by atoms with Crippen LogP contribution in [0.25, 0.3) is 0 Å². The molecule has 17 heavy (non-hydrogen) atoms. The smallest absolute Gasteiger partial charge is 0.306 e. The topological polar surface area (TPSA) is 26.3 Å². The molecule has 0 saturated carbocycles. The number of esters is 1. The van der Waals surface area contributed by atoms with Gasteiger partial charge in [-0.15, -0.1) is 0 Å². The van der Waals surface area contributed by atoms with Gasteiger partial charge in [-0.1, -0.05) is 66.0 Å². The molecule has 2 nitrogen and oxygen atoms in total. The Balaban J connectivity index is 2.54. The van der Waals surface area contributed by atoms with Gasteiger partial charge in [-0.2, -0.15) is 0 Å². The monoisotopic (exact) mass is 294 g/mol. The summed E-state index contributed by atoms with van der Waals surface area (Å²) in [5.41, 5.74) is 1.46. The van der Waals surface area contributed by atoms with Crippen LogP contribution >= 0.6 is 34.8 Å². The third kappa shape index (κ3) is 5.15. The zero-order chi connectivity index (χ0) is 12.9. The number of ether oxygens (including phenoxy) is 1. The summed E-state index contributed by atoms with van der Waals surface area (Å²) in [6.07, 6.45) is 1.22. The molecule has 0 saturated heterocycles. The van der Waals surface area contributed by atoms with Crippen LogP contribution in [-0.2, 0) is 19.9 Å². The first-order chi connectivity index (χ1) is 7.93. The predicted octanol–water partition coefficient (Wildman–Crippen LogP) is 4.36. The molecule has 0 aliphatic carbocycles. The maximum absolute atomic E-state index is 11.2. The number of rotatable bonds is 4. The molecule has 94 valence electrons. The SMILES string of the molecule is CCCC(=O)OCc1ccc(C(Cl)(Cl)Cl)cc1. The van der Waals surface area contributed by atoms with Crippen LogP contribution in [0, 0.1) is 0 Å². The van der Waals surface area contributed by atoms with E-state index in [2.05, 4.69) is 0 Å². The van der Waals surface area contributed by atoms with E-state index < -0.39 is 3.79 Å². The highest BCUT2D eigenvalue weighted by Gasteiger charge is 2.22. The number of carbonyl (C=O) groups is 1. The molecule has 0 bridgehead atoms. The molecule has 0 heterocycles. The highest BCUT2D eigenvalue weighted by atomic mass is 35.6. The van der Waals surface area contributed by atoms with Gasteiger partial charge in [-0.05, 0) is 12.0 Å². The number of carbonyl (C=O) groups excluding carboxylic acids is 1. The van der Waals surface area contributed by atoms with E-state index >= 15 is 0 Å². The number of alkyl halides is 3. The Morgan fingerprint density at radius 3 is 2.29 bits per heavy atom. The Labute approximate surface area is 116 Å². The summed E-state index contributed by atoms with van der Waals surface area (Å²) in [5.74, 6) is -0.196. The van der Waals surface area contributed by atoms with E-state index in [1.165, 1.54) is 0 Å². The van der Waals surface area contributed by atoms with Crippen LogP contribution in [0.5, 0.6) is 0 Å². The summed E-state index contributed by atoms with van der Waals surface area (Å²) < 4.78 is 3.64. The van der Waals surface area contributed by atoms with E-state index in [1.807, 2.05) is 6.92 Å². The zero-order valence-corrected chi connectivity index (χ0v) is 11.6. The first kappa shape index (κ1) is 14.6. The Morgan fingerprint density at radius 2 is 1.82 bits per heavy atom. The minimum atomic E-state index is -1.42. The quantitative estimate of drug-likeness (QED) is 0.609. The molecule has 0 amide bonds. The van der Waals surface area contributed by atoms with E-state index in [0.29, 0.717) is 12.0 Å². The van der Waals surface area contributed by atoms with Gasteiger partial charge in [0, 0.05) is 12.0 Å². The summed E-state index contributed by atoms with van der Waals surface area (Å²) in [6, 6.07) is 6.96. The number of hydrogen-bond donors (Lipinski definition) is 0. The van der Waals surface area contributed by atoms with Gasteiger partial charge in [0.1, 0.15) is 6.61 Å². The number of halogens is 3. The minimum Gasteiger partial charge on any atom is -0.461 e. The van der Waals surface area contributed by atoms with Gasteiger partial charge in [0.15, 0.2) is 0 Å². The van der Waals surface area contributed by atoms with Crippen LogP contribution in [0.3, 0.4) is 0 Å². The molecule has 1 aromatic carbocycles. The van der Waals surface area contributed by atoms with Crippen LogP contribution in [0.15, 0.2) is 24.3 Å². The van der Waals surface area contributed by atoms with Gasteiger partial charge in [-0.3, -0.25) is 4.79 Å². The molecule has 0 spiro atoms. The zero-order valence-electron chi connectivity index (χ0n) is 9.38. The van der Waals surface area contributed by atoms with Gasteiger partial charge in [0.25, 0.3) is 0 Å². The van der Waals surface area contributed by atoms with Gasteiger partial charge in [0.2, 0.25) is 3.79 Å². The maximum atomic E-state index is 11.2. The fourth-order valence-corrected chi connectivity index (χ4v) is 1.61. The third-order valence-electron chi connectivity index (χ3n) is 2.14. The molecule has 0 aliphatic rings. The highest BCUT2D eigenvalue weighted by Crippen LogP contribution is 2.37. The lowest BCUT2D eigenvalue weighted by Crippen LogP contribution is -2.04. The Morgan fingerprint density at radius 1 is 1.24 bits per heavy atom. The minimum absolute atomic E-state index is 0.196. The average molecular weight is 296 g/mol. The maximum Gasteiger partial charge on any atom is 0.306 e. The van der Waals surface area contributed by atoms with Crippen molar-refractivity contribution in [2.75, 3.05) is 0 Å². The summed E-state index contributed by atoms with van der Waals surface area (Å²) in [4.78, 5) is 11.2. The molecule has 0 radical (unpaired) electrons. The average Bonchev–Trinajstić information content (AvgIpc) is 2.26. The molecule has 0 unspecified atom stereocenters. The van der Waals surface area contributed by atoms with Gasteiger partial charge in [-0.25, -0.2) is 0 Å². The molecule has 1 rings (SSSR count). The molecular formula is C12H13Cl3O2. The molecule has 0 aliphatic heterocycles. The molecule has 0 atom stereocenters. The lowest BCUT2D eigenvalue weighted by molar-refractivity contribution is -0.144. The first-order valence-electron chi connectivity index (χ1n) is 5.25. The van der Waals surface area contributed by atoms with Crippen molar-refractivity contribution in [3.63, 3.8) is 0 Å². The normalized spacial score (nSPS) is 11.3. The van der Waals surface area contributed by atoms with E-state index in [9.17, 15) is 4.79 Å². The van der Waals surface area contributed by atoms with Gasteiger partial charge in [0.05, 0.1) is 0 Å². The summed E-state index contributed by atoms with van der Waals surface area (Å²) in [5, 5.41) is 0. The molecule has 1 aromatic rings. The van der Waals surface area contributed by atoms with E-state index in [0.717, 1.165) is 12.0 Å². The van der Waals surface area contributed by atoms with Crippen LogP contribution in [-0.4, -0.2) is 5.97 Å². The largest absolute Gasteiger partial charge is 0.461 e. The van der Waals surface area contributed by atoms with Gasteiger partial charge >= 0.3 is 5.97 Å². The van der Waals surface area contributed by atoms with Crippen LogP contribution in [0.2, 0.25) is 0 Å². The van der Waals surface area contributed by atoms with Crippen molar-refractivity contribution < 1.29 is 9.53 Å². The first-order valence-corrected chi connectivity index (χ1v) is 6.38. The fourth-order valence-electron chi connectivity index (χ4n) is 1.23. The second-order valence-electron chi connectivity index (χ2n) is 3.61. The van der Waals surface area contributed by atoms with Crippen LogP contribution < -0.4 is 0 Å². The molecule has 0 aromatic heterocycles. The van der Waals surface area contributed by atoms with Crippen molar-refractivity contribution in [1.82, 2.24) is 0 Å². The lowest BCUT2D eigenvalue weighted by atomic mass is 10.1. The van der Waals surface area contributed by atoms with Crippen LogP contribution in [0.4, 0.5) is 0 Å². The Hall–Kier alpha value is -0.440. The molecular weight excluding hydrogens is 282 g/mol. The fraction of sp³-hybridized carbons (Fsp3) is 0.417. The predicted molar refractivity (Wildman–Crippen MR) is 70.4 cm³/mol. The second kappa shape index (κ2) is 6.48. The van der Waals surface area contributed by atoms with Gasteiger partial charge < -0.3 is 4.74 Å². The van der Waals surface area contributed by atoms with Crippen molar-refractivity contribution in [2.24, 2.45) is 0 Å². The number of hydrogen-bond acceptors (Lipinski definition) is 2. The van der Waals surface area contributed by atoms with Crippen molar-refractivity contribution in [2.45, 2.75) is 30.2 Å².